The third-order valence-corrected chi connectivity index (χ3v) is 17.0. The molecule has 3 aliphatic heterocycles. The highest BCUT2D eigenvalue weighted by Gasteiger charge is 2.37. The van der Waals surface area contributed by atoms with E-state index in [0.717, 1.165) is 62.4 Å². The number of likely N-dealkylation sites (N-methyl/N-ethyl adjacent to an activating group) is 2. The van der Waals surface area contributed by atoms with Gasteiger partial charge in [0.1, 0.15) is 36.7 Å². The second-order valence-corrected chi connectivity index (χ2v) is 23.4. The van der Waals surface area contributed by atoms with Crippen LogP contribution in [0.1, 0.15) is 98.3 Å². The van der Waals surface area contributed by atoms with E-state index >= 15 is 0 Å². The van der Waals surface area contributed by atoms with Crippen LogP contribution in [0, 0.1) is 12.8 Å². The molecule has 7 N–H and O–H groups in total. The average Bonchev–Trinajstić information content (AvgIpc) is 1.74. The molecule has 460 valence electrons. The lowest BCUT2D eigenvalue weighted by Gasteiger charge is -2.25. The van der Waals surface area contributed by atoms with Gasteiger partial charge < -0.3 is 60.9 Å². The smallest absolute Gasteiger partial charge is 0.415 e. The first kappa shape index (κ1) is 63.8. The zero-order valence-electron chi connectivity index (χ0n) is 49.2. The number of H-pyrrole nitrogens is 1. The lowest BCUT2D eigenvalue weighted by Crippen LogP contribution is -2.54. The fraction of sp³-hybridized carbons (Fsp3) is 0.459. The molecule has 8 rings (SSSR count). The minimum absolute atomic E-state index is 0.0887. The first-order valence-corrected chi connectivity index (χ1v) is 30.5. The summed E-state index contributed by atoms with van der Waals surface area (Å²) in [6.07, 6.45) is 5.60. The molecule has 0 spiro atoms. The van der Waals surface area contributed by atoms with Crippen molar-refractivity contribution >= 4 is 109 Å². The Hall–Kier alpha value is -8.22. The van der Waals surface area contributed by atoms with Gasteiger partial charge in [0.15, 0.2) is 5.75 Å². The normalized spacial score (nSPS) is 15.5. The quantitative estimate of drug-likeness (QED) is 0.0163. The van der Waals surface area contributed by atoms with Crippen LogP contribution in [0.15, 0.2) is 72.1 Å². The molecule has 10 amide bonds. The molecule has 0 aliphatic carbocycles. The summed E-state index contributed by atoms with van der Waals surface area (Å²) in [5.74, 6) is -1.71. The van der Waals surface area contributed by atoms with Gasteiger partial charge in [-0.05, 0) is 123 Å². The van der Waals surface area contributed by atoms with Crippen LogP contribution in [0.4, 0.5) is 25.8 Å². The molecule has 2 aromatic heterocycles. The highest BCUT2D eigenvalue weighted by atomic mass is 35.5. The highest BCUT2D eigenvalue weighted by Crippen LogP contribution is 2.49. The summed E-state index contributed by atoms with van der Waals surface area (Å²) < 4.78 is 18.5. The number of amides is 10. The number of halogens is 1. The Labute approximate surface area is 508 Å². The van der Waals surface area contributed by atoms with Gasteiger partial charge in [-0.1, -0.05) is 32.4 Å². The van der Waals surface area contributed by atoms with Crippen molar-refractivity contribution < 1.29 is 57.4 Å². The Kier molecular flexibility index (Phi) is 22.1. The van der Waals surface area contributed by atoms with E-state index in [1.165, 1.54) is 53.2 Å². The fourth-order valence-electron chi connectivity index (χ4n) is 10.6. The third kappa shape index (κ3) is 16.4. The minimum Gasteiger partial charge on any atom is -0.492 e. The Morgan fingerprint density at radius 2 is 1.58 bits per heavy atom. The molecule has 23 nitrogen and oxygen atoms in total. The fourth-order valence-corrected chi connectivity index (χ4v) is 11.9. The molecule has 86 heavy (non-hydrogen) atoms. The Balaban J connectivity index is 0.811. The lowest BCUT2D eigenvalue weighted by molar-refractivity contribution is -0.137. The summed E-state index contributed by atoms with van der Waals surface area (Å²) in [4.78, 5) is 128. The number of fused-ring (bicyclic) bond motifs is 4. The van der Waals surface area contributed by atoms with E-state index in [1.54, 1.807) is 56.1 Å². The van der Waals surface area contributed by atoms with E-state index in [-0.39, 0.29) is 93.4 Å². The number of hydrogen-bond donors (Lipinski definition) is 6. The summed E-state index contributed by atoms with van der Waals surface area (Å²) in [7, 11) is 3.10. The van der Waals surface area contributed by atoms with Crippen molar-refractivity contribution in [2.75, 3.05) is 89.2 Å². The van der Waals surface area contributed by atoms with E-state index in [2.05, 4.69) is 31.2 Å². The predicted molar refractivity (Wildman–Crippen MR) is 328 cm³/mol. The number of primary amides is 1. The molecule has 25 heteroatoms. The molecule has 3 aliphatic rings. The molecular weight excluding hydrogens is 1150 g/mol. The first-order chi connectivity index (χ1) is 41.3. The molecule has 1 saturated heterocycles. The van der Waals surface area contributed by atoms with E-state index in [0.29, 0.717) is 60.8 Å². The molecule has 3 atom stereocenters. The topological polar surface area (TPSA) is 287 Å². The lowest BCUT2D eigenvalue weighted by atomic mass is 9.97. The number of aromatic nitrogens is 1. The first-order valence-electron chi connectivity index (χ1n) is 29.1. The Morgan fingerprint density at radius 3 is 2.28 bits per heavy atom. The van der Waals surface area contributed by atoms with Gasteiger partial charge >= 0.3 is 18.2 Å². The van der Waals surface area contributed by atoms with Gasteiger partial charge in [0.05, 0.1) is 10.4 Å². The number of thiophene rings is 1. The zero-order valence-corrected chi connectivity index (χ0v) is 50.7. The van der Waals surface area contributed by atoms with Crippen LogP contribution in [0.3, 0.4) is 0 Å². The molecule has 0 saturated carbocycles. The van der Waals surface area contributed by atoms with E-state index in [9.17, 15) is 43.2 Å². The molecular formula is C61H76ClN11O12S. The van der Waals surface area contributed by atoms with Crippen molar-refractivity contribution in [2.45, 2.75) is 96.7 Å². The molecule has 0 bridgehead atoms. The highest BCUT2D eigenvalue weighted by molar-refractivity contribution is 7.17. The van der Waals surface area contributed by atoms with E-state index in [1.807, 2.05) is 36.6 Å². The number of nitrogens with zero attached hydrogens (tertiary/aromatic N) is 5. The van der Waals surface area contributed by atoms with Crippen LogP contribution in [-0.2, 0) is 35.3 Å². The van der Waals surface area contributed by atoms with Gasteiger partial charge in [0.25, 0.3) is 17.7 Å². The van der Waals surface area contributed by atoms with Crippen LogP contribution in [0.5, 0.6) is 11.5 Å². The number of nitrogens with two attached hydrogens (primary N) is 1. The number of aryl methyl sites for hydroxylation is 1. The van der Waals surface area contributed by atoms with Gasteiger partial charge in [-0.15, -0.1) is 22.9 Å². The maximum atomic E-state index is 14.4. The number of aromatic amines is 1. The SMILES string of the molecule is Cc1csc2c(OC(=O)N(C)CCN(C)C(=O)OCc3ccc(NC(=O)[C@H](CCCNC(N)=O)NC(=O)C(NC(=O)CCCCCN4C(=O)C=CC4=O)C(C)C)cc3)cc3c(c12)[C@H](CCl)CN3C(=O)c1cc2cc(OCCN3CCCC3)ccc2[nH]1. The number of likely N-dealkylation sites (tertiary alicyclic amines) is 1. The summed E-state index contributed by atoms with van der Waals surface area (Å²) in [5, 5.41) is 14.5. The van der Waals surface area contributed by atoms with Gasteiger partial charge in [-0.3, -0.25) is 38.6 Å². The molecule has 1 unspecified atom stereocenters. The van der Waals surface area contributed by atoms with Crippen molar-refractivity contribution in [2.24, 2.45) is 11.7 Å². The zero-order chi connectivity index (χ0) is 61.6. The number of anilines is 2. The second kappa shape index (κ2) is 29.7. The largest absolute Gasteiger partial charge is 0.492 e. The van der Waals surface area contributed by atoms with Crippen LogP contribution in [0.25, 0.3) is 21.0 Å². The standard InChI is InChI=1S/C61H76ClN11O12S/c1-37(2)54(68-49(74)13-7-6-8-25-72-50(75)20-21-51(72)76)57(78)67-45(12-11-22-64-59(63)80)56(77)65-42-16-14-39(15-17-42)35-84-60(81)69(4)26-27-70(5)61(82)85-48-32-47-53(52-38(3)36-86-55(48)52)41(33-62)34-73(47)58(79)46-31-40-30-43(18-19-44(40)66-46)83-29-28-71-23-9-10-24-71/h14-21,30-32,36-37,41,45,54,66H,6-13,22-29,33-35H2,1-5H3,(H,65,77)(H,67,78)(H,68,74)(H3,63,64,80)/t41-,45+,54?/m1/s1. The van der Waals surface area contributed by atoms with Crippen LogP contribution >= 0.6 is 22.9 Å². The number of rotatable bonds is 28. The van der Waals surface area contributed by atoms with Gasteiger partial charge in [0.2, 0.25) is 17.7 Å². The van der Waals surface area contributed by atoms with E-state index in [4.69, 9.17) is 31.5 Å². The second-order valence-electron chi connectivity index (χ2n) is 22.2. The van der Waals surface area contributed by atoms with Crippen LogP contribution in [-0.4, -0.2) is 169 Å². The van der Waals surface area contributed by atoms with Crippen molar-refractivity contribution in [3.8, 4) is 11.5 Å². The summed E-state index contributed by atoms with van der Waals surface area (Å²) in [5.41, 5.74) is 9.90. The number of benzene rings is 3. The molecule has 5 heterocycles. The van der Waals surface area contributed by atoms with Crippen molar-refractivity contribution in [3.63, 3.8) is 0 Å². The predicted octanol–water partition coefficient (Wildman–Crippen LogP) is 7.35. The van der Waals surface area contributed by atoms with Crippen LogP contribution in [0.2, 0.25) is 0 Å². The molecule has 0 radical (unpaired) electrons. The van der Waals surface area contributed by atoms with Crippen molar-refractivity contribution in [1.82, 2.24) is 40.5 Å². The summed E-state index contributed by atoms with van der Waals surface area (Å²) in [6.45, 7) is 9.92. The molecule has 1 fully saturated rings. The van der Waals surface area contributed by atoms with Gasteiger partial charge in [-0.2, -0.15) is 0 Å². The van der Waals surface area contributed by atoms with Gasteiger partial charge in [0, 0.05) is 112 Å². The number of urea groups is 1. The number of imide groups is 1. The average molecular weight is 1220 g/mol. The van der Waals surface area contributed by atoms with Gasteiger partial charge in [-0.25, -0.2) is 14.4 Å². The van der Waals surface area contributed by atoms with Crippen molar-refractivity contribution in [1.29, 1.82) is 0 Å². The molecule has 5 aromatic rings. The number of ether oxygens (including phenoxy) is 3. The monoisotopic (exact) mass is 1220 g/mol. The summed E-state index contributed by atoms with van der Waals surface area (Å²) in [6, 6.07) is 13.1. The number of nitrogens with one attached hydrogen (secondary N) is 5. The number of alkyl halides is 1. The number of carbonyl (C=O) groups excluding carboxylic acids is 9. The number of hydrogen-bond acceptors (Lipinski definition) is 14. The number of carbonyl (C=O) groups is 9. The Morgan fingerprint density at radius 1 is 0.860 bits per heavy atom. The van der Waals surface area contributed by atoms with Crippen molar-refractivity contribution in [3.05, 3.63) is 94.5 Å². The summed E-state index contributed by atoms with van der Waals surface area (Å²) >= 11 is 8.04. The molecule has 3 aromatic carbocycles. The third-order valence-electron chi connectivity index (χ3n) is 15.5. The minimum atomic E-state index is -1.08. The maximum Gasteiger partial charge on any atom is 0.415 e. The maximum absolute atomic E-state index is 14.4. The van der Waals surface area contributed by atoms with E-state index < -0.39 is 42.1 Å². The van der Waals surface area contributed by atoms with Crippen LogP contribution < -0.4 is 41.4 Å². The number of unbranched alkanes of at least 4 members (excludes halogenated alkanes) is 2. The Bertz CT molecular complexity index is 3320.